The number of unbranched alkanes of at least 4 members (excludes halogenated alkanes) is 1. The molecule has 0 saturated heterocycles. The van der Waals surface area contributed by atoms with Crippen LogP contribution in [0.25, 0.3) is 6.08 Å². The van der Waals surface area contributed by atoms with Gasteiger partial charge in [0.1, 0.15) is 5.75 Å². The average Bonchev–Trinajstić information content (AvgIpc) is 2.46. The van der Waals surface area contributed by atoms with Gasteiger partial charge >= 0.3 is 5.97 Å². The highest BCUT2D eigenvalue weighted by molar-refractivity contribution is 9.10. The van der Waals surface area contributed by atoms with Crippen LogP contribution in [0.15, 0.2) is 28.7 Å². The summed E-state index contributed by atoms with van der Waals surface area (Å²) in [4.78, 5) is 10.7. The number of hydrogen-bond donors (Lipinski definition) is 1. The number of carboxylic acids is 1. The predicted molar refractivity (Wildman–Crippen MR) is 89.6 cm³/mol. The molecule has 0 aliphatic heterocycles. The molecule has 3 nitrogen and oxygen atoms in total. The van der Waals surface area contributed by atoms with Crippen LogP contribution in [0, 0.1) is 5.92 Å². The van der Waals surface area contributed by atoms with Crippen molar-refractivity contribution in [3.63, 3.8) is 0 Å². The smallest absolute Gasteiger partial charge is 0.328 e. The van der Waals surface area contributed by atoms with Crippen LogP contribution in [0.2, 0.25) is 0 Å². The Morgan fingerprint density at radius 1 is 1.43 bits per heavy atom. The van der Waals surface area contributed by atoms with E-state index in [4.69, 9.17) is 9.84 Å². The van der Waals surface area contributed by atoms with Gasteiger partial charge in [0.05, 0.1) is 6.61 Å². The first kappa shape index (κ1) is 17.8. The summed E-state index contributed by atoms with van der Waals surface area (Å²) in [6.45, 7) is 5.04. The molecule has 21 heavy (non-hydrogen) atoms. The summed E-state index contributed by atoms with van der Waals surface area (Å²) < 4.78 is 6.81. The maximum absolute atomic E-state index is 10.7. The molecule has 0 spiro atoms. The van der Waals surface area contributed by atoms with Gasteiger partial charge in [-0.25, -0.2) is 4.79 Å². The summed E-state index contributed by atoms with van der Waals surface area (Å²) in [5, 5.41) is 8.75. The van der Waals surface area contributed by atoms with E-state index in [0.29, 0.717) is 12.5 Å². The molecule has 4 heteroatoms. The van der Waals surface area contributed by atoms with Crippen molar-refractivity contribution in [1.82, 2.24) is 0 Å². The molecule has 116 valence electrons. The van der Waals surface area contributed by atoms with Crippen LogP contribution in [-0.4, -0.2) is 17.7 Å². The Balaban J connectivity index is 2.75. The van der Waals surface area contributed by atoms with Crippen molar-refractivity contribution in [2.75, 3.05) is 6.61 Å². The maximum atomic E-state index is 10.7. The number of halogens is 1. The topological polar surface area (TPSA) is 46.5 Å². The Labute approximate surface area is 135 Å². The molecular weight excluding hydrogens is 332 g/mol. The molecule has 0 saturated carbocycles. The molecule has 0 fully saturated rings. The average molecular weight is 355 g/mol. The van der Waals surface area contributed by atoms with Gasteiger partial charge in [0.2, 0.25) is 0 Å². The van der Waals surface area contributed by atoms with Crippen molar-refractivity contribution in [3.05, 3.63) is 34.3 Å². The third-order valence-electron chi connectivity index (χ3n) is 3.40. The minimum absolute atomic E-state index is 0.546. The Morgan fingerprint density at radius 2 is 2.19 bits per heavy atom. The fourth-order valence-corrected chi connectivity index (χ4v) is 2.43. The van der Waals surface area contributed by atoms with Crippen molar-refractivity contribution in [2.24, 2.45) is 5.92 Å². The number of hydrogen-bond acceptors (Lipinski definition) is 2. The van der Waals surface area contributed by atoms with E-state index < -0.39 is 5.97 Å². The minimum Gasteiger partial charge on any atom is -0.493 e. The number of benzene rings is 1. The lowest BCUT2D eigenvalue weighted by molar-refractivity contribution is -0.131. The second-order valence-electron chi connectivity index (χ2n) is 5.08. The van der Waals surface area contributed by atoms with Gasteiger partial charge in [-0.05, 0) is 36.6 Å². The van der Waals surface area contributed by atoms with Crippen LogP contribution in [0.1, 0.15) is 45.1 Å². The Kier molecular flexibility index (Phi) is 8.13. The Hall–Kier alpha value is -1.29. The third-order valence-corrected chi connectivity index (χ3v) is 3.89. The summed E-state index contributed by atoms with van der Waals surface area (Å²) in [6, 6.07) is 5.64. The van der Waals surface area contributed by atoms with E-state index in [1.165, 1.54) is 19.3 Å². The molecule has 0 aliphatic carbocycles. The number of rotatable bonds is 9. The Bertz CT molecular complexity index is 483. The molecule has 1 N–H and O–H groups in total. The lowest BCUT2D eigenvalue weighted by Gasteiger charge is -2.17. The Morgan fingerprint density at radius 3 is 2.81 bits per heavy atom. The monoisotopic (exact) mass is 354 g/mol. The first-order valence-electron chi connectivity index (χ1n) is 7.40. The van der Waals surface area contributed by atoms with Crippen LogP contribution in [0.5, 0.6) is 5.75 Å². The van der Waals surface area contributed by atoms with Crippen LogP contribution in [0.4, 0.5) is 0 Å². The molecule has 1 rings (SSSR count). The second-order valence-corrected chi connectivity index (χ2v) is 6.00. The summed E-state index contributed by atoms with van der Waals surface area (Å²) >= 11 is 3.39. The maximum Gasteiger partial charge on any atom is 0.328 e. The largest absolute Gasteiger partial charge is 0.493 e. The summed E-state index contributed by atoms with van der Waals surface area (Å²) in [6.07, 6.45) is 7.37. The fraction of sp³-hybridized carbons (Fsp3) is 0.471. The number of carbonyl (C=O) groups is 1. The zero-order valence-electron chi connectivity index (χ0n) is 12.6. The van der Waals surface area contributed by atoms with Gasteiger partial charge in [-0.15, -0.1) is 0 Å². The lowest BCUT2D eigenvalue weighted by atomic mass is 10.0. The molecule has 0 bridgehead atoms. The zero-order chi connectivity index (χ0) is 15.7. The molecule has 0 aromatic heterocycles. The van der Waals surface area contributed by atoms with Gasteiger partial charge in [-0.3, -0.25) is 0 Å². The van der Waals surface area contributed by atoms with Crippen molar-refractivity contribution in [2.45, 2.75) is 39.5 Å². The molecule has 0 radical (unpaired) electrons. The summed E-state index contributed by atoms with van der Waals surface area (Å²) in [5.41, 5.74) is 0.775. The summed E-state index contributed by atoms with van der Waals surface area (Å²) in [7, 11) is 0. The molecule has 1 unspecified atom stereocenters. The highest BCUT2D eigenvalue weighted by atomic mass is 79.9. The van der Waals surface area contributed by atoms with E-state index >= 15 is 0 Å². The lowest BCUT2D eigenvalue weighted by Crippen LogP contribution is -2.11. The standard InChI is InChI=1S/C17H23BrO3/c1-3-5-6-13(4-2)12-21-16-9-8-15(18)11-14(16)7-10-17(19)20/h7-11,13H,3-6,12H2,1-2H3,(H,19,20). The van der Waals surface area contributed by atoms with E-state index in [2.05, 4.69) is 29.8 Å². The first-order valence-corrected chi connectivity index (χ1v) is 8.19. The van der Waals surface area contributed by atoms with Crippen LogP contribution < -0.4 is 4.74 Å². The molecule has 0 amide bonds. The molecular formula is C17H23BrO3. The SMILES string of the molecule is CCCCC(CC)COc1ccc(Br)cc1C=CC(=O)O. The highest BCUT2D eigenvalue weighted by Crippen LogP contribution is 2.26. The molecule has 0 heterocycles. The quantitative estimate of drug-likeness (QED) is 0.624. The third kappa shape index (κ3) is 6.80. The molecule has 1 atom stereocenters. The fourth-order valence-electron chi connectivity index (χ4n) is 2.05. The van der Waals surface area contributed by atoms with Crippen molar-refractivity contribution in [3.8, 4) is 5.75 Å². The second kappa shape index (κ2) is 9.61. The van der Waals surface area contributed by atoms with Crippen molar-refractivity contribution >= 4 is 28.0 Å². The van der Waals surface area contributed by atoms with E-state index in [0.717, 1.165) is 28.3 Å². The van der Waals surface area contributed by atoms with Crippen LogP contribution in [-0.2, 0) is 4.79 Å². The number of aliphatic carboxylic acids is 1. The van der Waals surface area contributed by atoms with Gasteiger partial charge in [-0.2, -0.15) is 0 Å². The first-order chi connectivity index (χ1) is 10.1. The zero-order valence-corrected chi connectivity index (χ0v) is 14.2. The highest BCUT2D eigenvalue weighted by Gasteiger charge is 2.09. The predicted octanol–water partition coefficient (Wildman–Crippen LogP) is 5.14. The molecule has 1 aromatic carbocycles. The van der Waals surface area contributed by atoms with Crippen LogP contribution in [0.3, 0.4) is 0 Å². The van der Waals surface area contributed by atoms with Crippen LogP contribution >= 0.6 is 15.9 Å². The number of carboxylic acid groups (broad SMARTS) is 1. The van der Waals surface area contributed by atoms with Gasteiger partial charge < -0.3 is 9.84 Å². The van der Waals surface area contributed by atoms with Gasteiger partial charge in [0, 0.05) is 16.1 Å². The van der Waals surface area contributed by atoms with E-state index in [-0.39, 0.29) is 0 Å². The van der Waals surface area contributed by atoms with Gasteiger partial charge in [0.15, 0.2) is 0 Å². The summed E-state index contributed by atoms with van der Waals surface area (Å²) in [5.74, 6) is 0.311. The van der Waals surface area contributed by atoms with Gasteiger partial charge in [-0.1, -0.05) is 49.0 Å². The normalized spacial score (nSPS) is 12.5. The van der Waals surface area contributed by atoms with E-state index in [1.807, 2.05) is 18.2 Å². The minimum atomic E-state index is -0.963. The van der Waals surface area contributed by atoms with Crippen molar-refractivity contribution in [1.29, 1.82) is 0 Å². The van der Waals surface area contributed by atoms with E-state index in [1.54, 1.807) is 6.08 Å². The molecule has 0 aliphatic rings. The van der Waals surface area contributed by atoms with Crippen molar-refractivity contribution < 1.29 is 14.6 Å². The molecule has 1 aromatic rings. The van der Waals surface area contributed by atoms with E-state index in [9.17, 15) is 4.79 Å². The number of ether oxygens (including phenoxy) is 1. The van der Waals surface area contributed by atoms with Gasteiger partial charge in [0.25, 0.3) is 0 Å².